The van der Waals surface area contributed by atoms with Gasteiger partial charge in [-0.25, -0.2) is 14.2 Å². The van der Waals surface area contributed by atoms with Gasteiger partial charge in [0, 0.05) is 12.5 Å². The quantitative estimate of drug-likeness (QED) is 0.827. The van der Waals surface area contributed by atoms with E-state index in [1.165, 1.54) is 25.3 Å². The van der Waals surface area contributed by atoms with Gasteiger partial charge in [-0.15, -0.1) is 0 Å². The molecule has 1 N–H and O–H groups in total. The number of nitrogens with zero attached hydrogens (tertiary/aromatic N) is 1. The summed E-state index contributed by atoms with van der Waals surface area (Å²) in [4.78, 5) is 28.4. The summed E-state index contributed by atoms with van der Waals surface area (Å²) in [5, 5.41) is 2.77. The lowest BCUT2D eigenvalue weighted by molar-refractivity contribution is -0.156. The third-order valence-corrected chi connectivity index (χ3v) is 4.51. The molecule has 1 aromatic carbocycles. The minimum atomic E-state index is -0.951. The van der Waals surface area contributed by atoms with Crippen molar-refractivity contribution in [1.29, 1.82) is 0 Å². The van der Waals surface area contributed by atoms with Gasteiger partial charge >= 0.3 is 5.97 Å². The van der Waals surface area contributed by atoms with Crippen LogP contribution < -0.4 is 5.32 Å². The number of aromatic nitrogens is 1. The second-order valence-electron chi connectivity index (χ2n) is 6.55. The van der Waals surface area contributed by atoms with Gasteiger partial charge in [-0.05, 0) is 37.1 Å². The zero-order chi connectivity index (χ0) is 18.6. The molecule has 1 aliphatic rings. The molecule has 138 valence electrons. The molecule has 6 nitrogen and oxygen atoms in total. The van der Waals surface area contributed by atoms with E-state index in [-0.39, 0.29) is 18.3 Å². The van der Waals surface area contributed by atoms with Crippen molar-refractivity contribution in [3.63, 3.8) is 0 Å². The number of carbonyl (C=O) groups excluding carboxylic acids is 2. The SMILES string of the molecule is CC(=O)NC1(C(=O)OCc2coc(-c3ccc(F)cc3)n2)CCCCC1. The molecule has 3 rings (SSSR count). The topological polar surface area (TPSA) is 81.4 Å². The van der Waals surface area contributed by atoms with Crippen LogP contribution in [-0.4, -0.2) is 22.4 Å². The summed E-state index contributed by atoms with van der Waals surface area (Å²) in [6, 6.07) is 5.76. The summed E-state index contributed by atoms with van der Waals surface area (Å²) < 4.78 is 23.7. The van der Waals surface area contributed by atoms with Gasteiger partial charge in [-0.1, -0.05) is 19.3 Å². The first-order chi connectivity index (χ1) is 12.5. The Labute approximate surface area is 150 Å². The van der Waals surface area contributed by atoms with Crippen molar-refractivity contribution >= 4 is 11.9 Å². The summed E-state index contributed by atoms with van der Waals surface area (Å²) in [6.45, 7) is 1.35. The number of hydrogen-bond acceptors (Lipinski definition) is 5. The predicted octanol–water partition coefficient (Wildman–Crippen LogP) is 3.36. The third kappa shape index (κ3) is 4.09. The van der Waals surface area contributed by atoms with Crippen LogP contribution in [0, 0.1) is 5.82 Å². The van der Waals surface area contributed by atoms with Crippen LogP contribution in [-0.2, 0) is 20.9 Å². The smallest absolute Gasteiger partial charge is 0.332 e. The van der Waals surface area contributed by atoms with Gasteiger partial charge in [0.25, 0.3) is 0 Å². The van der Waals surface area contributed by atoms with Gasteiger partial charge in [0.1, 0.15) is 29.9 Å². The van der Waals surface area contributed by atoms with Crippen LogP contribution in [0.2, 0.25) is 0 Å². The third-order valence-electron chi connectivity index (χ3n) is 4.51. The summed E-state index contributed by atoms with van der Waals surface area (Å²) in [5.41, 5.74) is 0.130. The Morgan fingerprint density at radius 3 is 2.58 bits per heavy atom. The zero-order valence-corrected chi connectivity index (χ0v) is 14.6. The van der Waals surface area contributed by atoms with Crippen LogP contribution in [0.1, 0.15) is 44.7 Å². The highest BCUT2D eigenvalue weighted by atomic mass is 19.1. The Balaban J connectivity index is 1.65. The second-order valence-corrected chi connectivity index (χ2v) is 6.55. The number of benzene rings is 1. The Morgan fingerprint density at radius 1 is 1.23 bits per heavy atom. The van der Waals surface area contributed by atoms with Crippen LogP contribution >= 0.6 is 0 Å². The number of ether oxygens (including phenoxy) is 1. The average molecular weight is 360 g/mol. The number of nitrogens with one attached hydrogen (secondary N) is 1. The summed E-state index contributed by atoms with van der Waals surface area (Å²) >= 11 is 0. The van der Waals surface area contributed by atoms with E-state index in [1.807, 2.05) is 0 Å². The lowest BCUT2D eigenvalue weighted by atomic mass is 9.81. The van der Waals surface area contributed by atoms with Gasteiger partial charge < -0.3 is 14.5 Å². The van der Waals surface area contributed by atoms with Crippen molar-refractivity contribution in [2.75, 3.05) is 0 Å². The van der Waals surface area contributed by atoms with Gasteiger partial charge in [0.15, 0.2) is 0 Å². The number of rotatable bonds is 5. The second kappa shape index (κ2) is 7.68. The number of hydrogen-bond donors (Lipinski definition) is 1. The molecule has 0 saturated heterocycles. The molecule has 1 amide bonds. The van der Waals surface area contributed by atoms with E-state index in [9.17, 15) is 14.0 Å². The van der Waals surface area contributed by atoms with Crippen LogP contribution in [0.4, 0.5) is 4.39 Å². The van der Waals surface area contributed by atoms with Crippen molar-refractivity contribution < 1.29 is 23.1 Å². The fourth-order valence-electron chi connectivity index (χ4n) is 3.25. The number of carbonyl (C=O) groups is 2. The zero-order valence-electron chi connectivity index (χ0n) is 14.6. The lowest BCUT2D eigenvalue weighted by Gasteiger charge is -2.35. The number of esters is 1. The van der Waals surface area contributed by atoms with Crippen molar-refractivity contribution in [3.05, 3.63) is 42.0 Å². The number of halogens is 1. The van der Waals surface area contributed by atoms with Gasteiger partial charge in [0.2, 0.25) is 11.8 Å². The molecule has 0 unspecified atom stereocenters. The van der Waals surface area contributed by atoms with Crippen molar-refractivity contribution in [2.45, 2.75) is 51.2 Å². The molecule has 0 radical (unpaired) electrons. The van der Waals surface area contributed by atoms with Gasteiger partial charge in [-0.3, -0.25) is 4.79 Å². The Kier molecular flexibility index (Phi) is 5.35. The molecule has 2 aromatic rings. The van der Waals surface area contributed by atoms with E-state index < -0.39 is 11.5 Å². The standard InChI is InChI=1S/C19H21FN2O4/c1-13(23)22-19(9-3-2-4-10-19)18(24)26-12-16-11-25-17(21-16)14-5-7-15(20)8-6-14/h5-8,11H,2-4,9-10,12H2,1H3,(H,22,23). The highest BCUT2D eigenvalue weighted by Crippen LogP contribution is 2.30. The summed E-state index contributed by atoms with van der Waals surface area (Å²) in [5.74, 6) is -0.710. The maximum atomic E-state index is 13.0. The predicted molar refractivity (Wildman–Crippen MR) is 91.3 cm³/mol. The lowest BCUT2D eigenvalue weighted by Crippen LogP contribution is -2.55. The molecule has 0 bridgehead atoms. The van der Waals surface area contributed by atoms with Crippen molar-refractivity contribution in [3.8, 4) is 11.5 Å². The molecule has 0 atom stereocenters. The molecule has 1 aromatic heterocycles. The van der Waals surface area contributed by atoms with Gasteiger partial charge in [-0.2, -0.15) is 0 Å². The molecule has 1 heterocycles. The Hall–Kier alpha value is -2.70. The molecular weight excluding hydrogens is 339 g/mol. The maximum absolute atomic E-state index is 13.0. The molecule has 26 heavy (non-hydrogen) atoms. The number of oxazole rings is 1. The maximum Gasteiger partial charge on any atom is 0.332 e. The summed E-state index contributed by atoms with van der Waals surface area (Å²) in [6.07, 6.45) is 5.33. The molecular formula is C19H21FN2O4. The molecule has 1 fully saturated rings. The van der Waals surface area contributed by atoms with Crippen molar-refractivity contribution in [1.82, 2.24) is 10.3 Å². The largest absolute Gasteiger partial charge is 0.457 e. The average Bonchev–Trinajstić information content (AvgIpc) is 3.09. The first-order valence-electron chi connectivity index (χ1n) is 8.65. The van der Waals surface area contributed by atoms with E-state index in [0.29, 0.717) is 30.0 Å². The molecule has 7 heteroatoms. The van der Waals surface area contributed by atoms with E-state index >= 15 is 0 Å². The molecule has 0 spiro atoms. The van der Waals surface area contributed by atoms with Crippen LogP contribution in [0.5, 0.6) is 0 Å². The van der Waals surface area contributed by atoms with Crippen LogP contribution in [0.3, 0.4) is 0 Å². The first kappa shape index (κ1) is 18.1. The number of amides is 1. The molecule has 1 aliphatic carbocycles. The van der Waals surface area contributed by atoms with Crippen LogP contribution in [0.25, 0.3) is 11.5 Å². The Morgan fingerprint density at radius 2 is 1.92 bits per heavy atom. The van der Waals surface area contributed by atoms with Gasteiger partial charge in [0.05, 0.1) is 0 Å². The minimum Gasteiger partial charge on any atom is -0.457 e. The van der Waals surface area contributed by atoms with Crippen molar-refractivity contribution in [2.24, 2.45) is 0 Å². The highest BCUT2D eigenvalue weighted by Gasteiger charge is 2.41. The van der Waals surface area contributed by atoms with E-state index in [1.54, 1.807) is 12.1 Å². The Bertz CT molecular complexity index is 779. The monoisotopic (exact) mass is 360 g/mol. The highest BCUT2D eigenvalue weighted by molar-refractivity contribution is 5.87. The van der Waals surface area contributed by atoms with Crippen LogP contribution in [0.15, 0.2) is 34.9 Å². The first-order valence-corrected chi connectivity index (χ1v) is 8.65. The minimum absolute atomic E-state index is 0.0507. The molecule has 0 aliphatic heterocycles. The molecule has 1 saturated carbocycles. The van der Waals surface area contributed by atoms with E-state index in [2.05, 4.69) is 10.3 Å². The van der Waals surface area contributed by atoms with E-state index in [0.717, 1.165) is 19.3 Å². The summed E-state index contributed by atoms with van der Waals surface area (Å²) in [7, 11) is 0. The van der Waals surface area contributed by atoms with E-state index in [4.69, 9.17) is 9.15 Å². The fourth-order valence-corrected chi connectivity index (χ4v) is 3.25. The fraction of sp³-hybridized carbons (Fsp3) is 0.421. The normalized spacial score (nSPS) is 16.1.